The maximum Gasteiger partial charge on any atom is 0.255 e. The lowest BCUT2D eigenvalue weighted by atomic mass is 10.2. The summed E-state index contributed by atoms with van der Waals surface area (Å²) in [6.45, 7) is 3.25. The molecule has 0 saturated carbocycles. The van der Waals surface area contributed by atoms with Gasteiger partial charge in [-0.1, -0.05) is 0 Å². The Bertz CT molecular complexity index is 604. The Kier molecular flexibility index (Phi) is 5.68. The molecule has 0 radical (unpaired) electrons. The van der Waals surface area contributed by atoms with Crippen molar-refractivity contribution in [3.63, 3.8) is 0 Å². The Labute approximate surface area is 132 Å². The number of halogens is 1. The van der Waals surface area contributed by atoms with E-state index in [0.717, 1.165) is 16.5 Å². The highest BCUT2D eigenvalue weighted by Crippen LogP contribution is 2.17. The molecule has 1 amide bonds. The van der Waals surface area contributed by atoms with Crippen molar-refractivity contribution in [3.8, 4) is 0 Å². The fourth-order valence-electron chi connectivity index (χ4n) is 1.89. The van der Waals surface area contributed by atoms with E-state index < -0.39 is 0 Å². The summed E-state index contributed by atoms with van der Waals surface area (Å²) in [6.07, 6.45) is 5.94. The molecule has 110 valence electrons. The van der Waals surface area contributed by atoms with E-state index >= 15 is 0 Å². The largest absolute Gasteiger partial charge is 0.370 e. The van der Waals surface area contributed by atoms with Crippen molar-refractivity contribution in [2.24, 2.45) is 0 Å². The number of anilines is 1. The first-order valence-corrected chi connectivity index (χ1v) is 7.56. The van der Waals surface area contributed by atoms with Gasteiger partial charge in [0.1, 0.15) is 5.82 Å². The average molecular weight is 349 g/mol. The molecule has 0 spiro atoms. The van der Waals surface area contributed by atoms with Crippen molar-refractivity contribution in [1.82, 2.24) is 15.3 Å². The normalized spacial score (nSPS) is 10.2. The molecular weight excluding hydrogens is 332 g/mol. The second-order valence-corrected chi connectivity index (χ2v) is 5.36. The van der Waals surface area contributed by atoms with Crippen molar-refractivity contribution in [1.29, 1.82) is 0 Å². The molecule has 0 bridgehead atoms. The minimum absolute atomic E-state index is 0.131. The number of hydrogen-bond acceptors (Lipinski definition) is 4. The van der Waals surface area contributed by atoms with Gasteiger partial charge >= 0.3 is 0 Å². The van der Waals surface area contributed by atoms with Gasteiger partial charge in [0.2, 0.25) is 0 Å². The summed E-state index contributed by atoms with van der Waals surface area (Å²) in [5.74, 6) is 0.468. The summed E-state index contributed by atoms with van der Waals surface area (Å²) >= 11 is 3.34. The first-order chi connectivity index (χ1) is 10.2. The van der Waals surface area contributed by atoms with Gasteiger partial charge in [0.05, 0.1) is 5.56 Å². The number of amides is 1. The Morgan fingerprint density at radius 3 is 2.81 bits per heavy atom. The fourth-order valence-corrected chi connectivity index (χ4v) is 2.22. The molecule has 2 aromatic heterocycles. The SMILES string of the molecule is CCNc1ncc(Br)cc1C(=O)NCCc1ccncc1. The Morgan fingerprint density at radius 1 is 1.33 bits per heavy atom. The average Bonchev–Trinajstić information content (AvgIpc) is 2.50. The van der Waals surface area contributed by atoms with Gasteiger partial charge in [0.15, 0.2) is 0 Å². The van der Waals surface area contributed by atoms with Gasteiger partial charge in [-0.15, -0.1) is 0 Å². The molecular formula is C15H17BrN4O. The van der Waals surface area contributed by atoms with Crippen LogP contribution in [0.1, 0.15) is 22.8 Å². The molecule has 0 unspecified atom stereocenters. The summed E-state index contributed by atoms with van der Waals surface area (Å²) in [5.41, 5.74) is 1.69. The summed E-state index contributed by atoms with van der Waals surface area (Å²) in [5, 5.41) is 6.00. The van der Waals surface area contributed by atoms with E-state index in [0.29, 0.717) is 24.5 Å². The van der Waals surface area contributed by atoms with Crippen LogP contribution < -0.4 is 10.6 Å². The standard InChI is InChI=1S/C15H17BrN4O/c1-2-18-14-13(9-12(16)10-20-14)15(21)19-8-5-11-3-6-17-7-4-11/h3-4,6-7,9-10H,2,5,8H2,1H3,(H,18,20)(H,19,21). The van der Waals surface area contributed by atoms with Gasteiger partial charge < -0.3 is 10.6 Å². The van der Waals surface area contributed by atoms with E-state index in [-0.39, 0.29) is 5.91 Å². The topological polar surface area (TPSA) is 66.9 Å². The highest BCUT2D eigenvalue weighted by Gasteiger charge is 2.12. The zero-order valence-corrected chi connectivity index (χ0v) is 13.4. The van der Waals surface area contributed by atoms with Crippen LogP contribution in [0.5, 0.6) is 0 Å². The molecule has 0 saturated heterocycles. The molecule has 2 aromatic rings. The lowest BCUT2D eigenvalue weighted by molar-refractivity contribution is 0.0954. The van der Waals surface area contributed by atoms with Crippen LogP contribution in [0.4, 0.5) is 5.82 Å². The molecule has 2 rings (SSSR count). The molecule has 0 aliphatic carbocycles. The number of nitrogens with one attached hydrogen (secondary N) is 2. The van der Waals surface area contributed by atoms with Crippen molar-refractivity contribution in [2.45, 2.75) is 13.3 Å². The zero-order chi connectivity index (χ0) is 15.1. The highest BCUT2D eigenvalue weighted by molar-refractivity contribution is 9.10. The third-order valence-electron chi connectivity index (χ3n) is 2.89. The van der Waals surface area contributed by atoms with Gasteiger partial charge in [-0.2, -0.15) is 0 Å². The van der Waals surface area contributed by atoms with Crippen molar-refractivity contribution in [2.75, 3.05) is 18.4 Å². The van der Waals surface area contributed by atoms with E-state index in [4.69, 9.17) is 0 Å². The van der Waals surface area contributed by atoms with Crippen LogP contribution in [0.2, 0.25) is 0 Å². The lowest BCUT2D eigenvalue weighted by Gasteiger charge is -2.10. The van der Waals surface area contributed by atoms with Crippen molar-refractivity contribution in [3.05, 3.63) is 52.4 Å². The number of aromatic nitrogens is 2. The Morgan fingerprint density at radius 2 is 2.10 bits per heavy atom. The fraction of sp³-hybridized carbons (Fsp3) is 0.267. The monoisotopic (exact) mass is 348 g/mol. The number of nitrogens with zero attached hydrogens (tertiary/aromatic N) is 2. The van der Waals surface area contributed by atoms with E-state index in [1.54, 1.807) is 24.7 Å². The minimum atomic E-state index is -0.131. The maximum absolute atomic E-state index is 12.3. The molecule has 0 aromatic carbocycles. The second-order valence-electron chi connectivity index (χ2n) is 4.44. The third-order valence-corrected chi connectivity index (χ3v) is 3.33. The minimum Gasteiger partial charge on any atom is -0.370 e. The van der Waals surface area contributed by atoms with Gasteiger partial charge in [-0.25, -0.2) is 4.98 Å². The van der Waals surface area contributed by atoms with E-state index in [1.807, 2.05) is 19.1 Å². The van der Waals surface area contributed by atoms with Crippen LogP contribution in [0.3, 0.4) is 0 Å². The summed E-state index contributed by atoms with van der Waals surface area (Å²) < 4.78 is 0.781. The van der Waals surface area contributed by atoms with Crippen LogP contribution >= 0.6 is 15.9 Å². The lowest BCUT2D eigenvalue weighted by Crippen LogP contribution is -2.27. The molecule has 0 aliphatic heterocycles. The Balaban J connectivity index is 1.98. The molecule has 6 heteroatoms. The van der Waals surface area contributed by atoms with E-state index in [9.17, 15) is 4.79 Å². The van der Waals surface area contributed by atoms with Crippen LogP contribution in [0, 0.1) is 0 Å². The van der Waals surface area contributed by atoms with Gasteiger partial charge in [0.25, 0.3) is 5.91 Å². The molecule has 0 fully saturated rings. The molecule has 2 N–H and O–H groups in total. The van der Waals surface area contributed by atoms with Crippen LogP contribution in [0.25, 0.3) is 0 Å². The first kappa shape index (κ1) is 15.4. The Hall–Kier alpha value is -1.95. The number of carbonyl (C=O) groups is 1. The zero-order valence-electron chi connectivity index (χ0n) is 11.8. The predicted molar refractivity (Wildman–Crippen MR) is 86.4 cm³/mol. The molecule has 2 heterocycles. The predicted octanol–water partition coefficient (Wildman–Crippen LogP) is 2.64. The van der Waals surface area contributed by atoms with Crippen molar-refractivity contribution >= 4 is 27.7 Å². The number of pyridine rings is 2. The molecule has 21 heavy (non-hydrogen) atoms. The third kappa shape index (κ3) is 4.53. The number of rotatable bonds is 6. The molecule has 0 aliphatic rings. The number of hydrogen-bond donors (Lipinski definition) is 2. The summed E-state index contributed by atoms with van der Waals surface area (Å²) in [6, 6.07) is 5.65. The summed E-state index contributed by atoms with van der Waals surface area (Å²) in [4.78, 5) is 20.5. The summed E-state index contributed by atoms with van der Waals surface area (Å²) in [7, 11) is 0. The van der Waals surface area contributed by atoms with Crippen LogP contribution in [0.15, 0.2) is 41.3 Å². The van der Waals surface area contributed by atoms with Gasteiger partial charge in [-0.3, -0.25) is 9.78 Å². The molecule has 0 atom stereocenters. The van der Waals surface area contributed by atoms with Crippen LogP contribution in [-0.2, 0) is 6.42 Å². The number of carbonyl (C=O) groups excluding carboxylic acids is 1. The van der Waals surface area contributed by atoms with Gasteiger partial charge in [-0.05, 0) is 53.0 Å². The van der Waals surface area contributed by atoms with Crippen LogP contribution in [-0.4, -0.2) is 29.0 Å². The quantitative estimate of drug-likeness (QED) is 0.842. The van der Waals surface area contributed by atoms with E-state index in [1.165, 1.54) is 0 Å². The molecule has 5 nitrogen and oxygen atoms in total. The maximum atomic E-state index is 12.3. The first-order valence-electron chi connectivity index (χ1n) is 6.77. The van der Waals surface area contributed by atoms with Gasteiger partial charge in [0, 0.05) is 36.2 Å². The smallest absolute Gasteiger partial charge is 0.255 e. The van der Waals surface area contributed by atoms with E-state index in [2.05, 4.69) is 36.5 Å². The second kappa shape index (κ2) is 7.73. The highest BCUT2D eigenvalue weighted by atomic mass is 79.9. The van der Waals surface area contributed by atoms with Crippen molar-refractivity contribution < 1.29 is 4.79 Å².